The zero-order chi connectivity index (χ0) is 12.5. The molecule has 0 radical (unpaired) electrons. The summed E-state index contributed by atoms with van der Waals surface area (Å²) in [5.41, 5.74) is 3.52. The first-order valence-electron chi connectivity index (χ1n) is 6.43. The summed E-state index contributed by atoms with van der Waals surface area (Å²) in [6.07, 6.45) is 4.77. The number of hydrogen-bond donors (Lipinski definition) is 0. The maximum absolute atomic E-state index is 5.36. The second-order valence-electron chi connectivity index (χ2n) is 4.55. The highest BCUT2D eigenvalue weighted by Gasteiger charge is 1.95. The number of rotatable bonds is 7. The smallest absolute Gasteiger partial charge is 0.142 e. The molecule has 0 aliphatic rings. The third kappa shape index (κ3) is 6.10. The Hall–Kier alpha value is -1.31. The Morgan fingerprint density at radius 1 is 1.29 bits per heavy atom. The van der Waals surface area contributed by atoms with Gasteiger partial charge in [0.25, 0.3) is 0 Å². The van der Waals surface area contributed by atoms with Crippen molar-refractivity contribution < 1.29 is 4.84 Å². The second kappa shape index (κ2) is 7.88. The van der Waals surface area contributed by atoms with E-state index in [9.17, 15) is 0 Å². The third-order valence-corrected chi connectivity index (χ3v) is 2.68. The van der Waals surface area contributed by atoms with E-state index in [-0.39, 0.29) is 0 Å². The van der Waals surface area contributed by atoms with E-state index in [2.05, 4.69) is 37.2 Å². The van der Waals surface area contributed by atoms with Gasteiger partial charge in [-0.3, -0.25) is 0 Å². The average molecular weight is 233 g/mol. The van der Waals surface area contributed by atoms with Gasteiger partial charge in [0.1, 0.15) is 6.61 Å². The molecule has 0 unspecified atom stereocenters. The first kappa shape index (κ1) is 13.8. The molecule has 2 nitrogen and oxygen atoms in total. The standard InChI is InChI=1S/C15H23NO/c1-4-5-6-9-14(3)16-17-12-15-10-7-8-13(2)11-15/h7-8,10-11H,4-6,9,12H2,1-3H3/b16-14+. The highest BCUT2D eigenvalue weighted by Crippen LogP contribution is 2.06. The van der Waals surface area contributed by atoms with E-state index in [1.807, 2.05) is 13.0 Å². The first-order valence-corrected chi connectivity index (χ1v) is 6.43. The van der Waals surface area contributed by atoms with E-state index in [1.54, 1.807) is 0 Å². The summed E-state index contributed by atoms with van der Waals surface area (Å²) >= 11 is 0. The Morgan fingerprint density at radius 2 is 2.12 bits per heavy atom. The van der Waals surface area contributed by atoms with Crippen LogP contribution in [0.5, 0.6) is 0 Å². The van der Waals surface area contributed by atoms with Gasteiger partial charge >= 0.3 is 0 Å². The Morgan fingerprint density at radius 3 is 2.82 bits per heavy atom. The van der Waals surface area contributed by atoms with Crippen LogP contribution in [0.3, 0.4) is 0 Å². The number of benzene rings is 1. The number of aryl methyl sites for hydroxylation is 1. The fourth-order valence-electron chi connectivity index (χ4n) is 1.70. The fraction of sp³-hybridized carbons (Fsp3) is 0.533. The van der Waals surface area contributed by atoms with Crippen LogP contribution in [0.15, 0.2) is 29.4 Å². The lowest BCUT2D eigenvalue weighted by Crippen LogP contribution is -1.95. The third-order valence-electron chi connectivity index (χ3n) is 2.68. The summed E-state index contributed by atoms with van der Waals surface area (Å²) in [7, 11) is 0. The van der Waals surface area contributed by atoms with Gasteiger partial charge in [0.2, 0.25) is 0 Å². The molecule has 1 aromatic rings. The van der Waals surface area contributed by atoms with Crippen molar-refractivity contribution in [2.75, 3.05) is 0 Å². The molecule has 1 rings (SSSR count). The molecule has 0 aliphatic carbocycles. The van der Waals surface area contributed by atoms with Crippen LogP contribution in [0.2, 0.25) is 0 Å². The van der Waals surface area contributed by atoms with E-state index in [1.165, 1.54) is 30.4 Å². The largest absolute Gasteiger partial charge is 0.391 e. The molecule has 0 amide bonds. The maximum Gasteiger partial charge on any atom is 0.142 e. The zero-order valence-corrected chi connectivity index (χ0v) is 11.2. The van der Waals surface area contributed by atoms with Gasteiger partial charge in [-0.25, -0.2) is 0 Å². The van der Waals surface area contributed by atoms with Crippen molar-refractivity contribution in [3.8, 4) is 0 Å². The SMILES string of the molecule is CCCCC/C(C)=N/OCc1cccc(C)c1. The van der Waals surface area contributed by atoms with Gasteiger partial charge < -0.3 is 4.84 Å². The minimum Gasteiger partial charge on any atom is -0.391 e. The molecule has 0 spiro atoms. The van der Waals surface area contributed by atoms with Crippen molar-refractivity contribution in [3.63, 3.8) is 0 Å². The summed E-state index contributed by atoms with van der Waals surface area (Å²) in [6, 6.07) is 8.32. The summed E-state index contributed by atoms with van der Waals surface area (Å²) < 4.78 is 0. The van der Waals surface area contributed by atoms with Crippen LogP contribution >= 0.6 is 0 Å². The number of unbranched alkanes of at least 4 members (excludes halogenated alkanes) is 2. The van der Waals surface area contributed by atoms with E-state index < -0.39 is 0 Å². The molecule has 1 aromatic carbocycles. The minimum atomic E-state index is 0.562. The molecule has 0 N–H and O–H groups in total. The lowest BCUT2D eigenvalue weighted by atomic mass is 10.1. The van der Waals surface area contributed by atoms with Crippen molar-refractivity contribution >= 4 is 5.71 Å². The Labute approximate surface area is 105 Å². The van der Waals surface area contributed by atoms with E-state index in [0.717, 1.165) is 12.1 Å². The quantitative estimate of drug-likeness (QED) is 0.387. The molecule has 0 aliphatic heterocycles. The van der Waals surface area contributed by atoms with Gasteiger partial charge in [-0.2, -0.15) is 0 Å². The molecule has 0 heterocycles. The molecular weight excluding hydrogens is 210 g/mol. The normalized spacial score (nSPS) is 11.6. The van der Waals surface area contributed by atoms with Gasteiger partial charge in [0, 0.05) is 0 Å². The summed E-state index contributed by atoms with van der Waals surface area (Å²) in [6.45, 7) is 6.89. The molecule has 2 heteroatoms. The number of oxime groups is 1. The summed E-state index contributed by atoms with van der Waals surface area (Å²) in [4.78, 5) is 5.36. The zero-order valence-electron chi connectivity index (χ0n) is 11.2. The van der Waals surface area contributed by atoms with E-state index >= 15 is 0 Å². The average Bonchev–Trinajstić information content (AvgIpc) is 2.29. The lowest BCUT2D eigenvalue weighted by Gasteiger charge is -2.03. The molecule has 0 saturated heterocycles. The van der Waals surface area contributed by atoms with Crippen LogP contribution in [-0.4, -0.2) is 5.71 Å². The van der Waals surface area contributed by atoms with Crippen LogP contribution in [0.25, 0.3) is 0 Å². The Kier molecular flexibility index (Phi) is 6.38. The van der Waals surface area contributed by atoms with Crippen molar-refractivity contribution in [2.24, 2.45) is 5.16 Å². The van der Waals surface area contributed by atoms with Crippen molar-refractivity contribution in [1.29, 1.82) is 0 Å². The second-order valence-corrected chi connectivity index (χ2v) is 4.55. The van der Waals surface area contributed by atoms with Crippen LogP contribution < -0.4 is 0 Å². The van der Waals surface area contributed by atoms with Crippen LogP contribution in [0.1, 0.15) is 50.7 Å². The van der Waals surface area contributed by atoms with Gasteiger partial charge in [-0.05, 0) is 32.3 Å². The molecule has 17 heavy (non-hydrogen) atoms. The molecule has 0 bridgehead atoms. The Bertz CT molecular complexity index is 358. The predicted molar refractivity (Wildman–Crippen MR) is 73.2 cm³/mol. The van der Waals surface area contributed by atoms with Gasteiger partial charge in [0.05, 0.1) is 5.71 Å². The highest BCUT2D eigenvalue weighted by atomic mass is 16.6. The van der Waals surface area contributed by atoms with Gasteiger partial charge in [-0.1, -0.05) is 54.8 Å². The van der Waals surface area contributed by atoms with Crippen molar-refractivity contribution in [1.82, 2.24) is 0 Å². The molecule has 94 valence electrons. The van der Waals surface area contributed by atoms with Crippen LogP contribution in [-0.2, 0) is 11.4 Å². The molecule has 0 fully saturated rings. The number of hydrogen-bond acceptors (Lipinski definition) is 2. The van der Waals surface area contributed by atoms with Gasteiger partial charge in [-0.15, -0.1) is 0 Å². The van der Waals surface area contributed by atoms with Crippen LogP contribution in [0, 0.1) is 6.92 Å². The predicted octanol–water partition coefficient (Wildman–Crippen LogP) is 4.47. The van der Waals surface area contributed by atoms with E-state index in [0.29, 0.717) is 6.61 Å². The Balaban J connectivity index is 2.28. The summed E-state index contributed by atoms with van der Waals surface area (Å²) in [5, 5.41) is 4.14. The first-order chi connectivity index (χ1) is 8.22. The molecule has 0 saturated carbocycles. The molecule has 0 atom stereocenters. The van der Waals surface area contributed by atoms with Crippen molar-refractivity contribution in [3.05, 3.63) is 35.4 Å². The van der Waals surface area contributed by atoms with E-state index in [4.69, 9.17) is 4.84 Å². The maximum atomic E-state index is 5.36. The van der Waals surface area contributed by atoms with Crippen LogP contribution in [0.4, 0.5) is 0 Å². The molecule has 0 aromatic heterocycles. The monoisotopic (exact) mass is 233 g/mol. The lowest BCUT2D eigenvalue weighted by molar-refractivity contribution is 0.129. The summed E-state index contributed by atoms with van der Waals surface area (Å²) in [5.74, 6) is 0. The highest BCUT2D eigenvalue weighted by molar-refractivity contribution is 5.81. The van der Waals surface area contributed by atoms with Crippen molar-refractivity contribution in [2.45, 2.75) is 53.1 Å². The van der Waals surface area contributed by atoms with Gasteiger partial charge in [0.15, 0.2) is 0 Å². The minimum absolute atomic E-state index is 0.562. The number of nitrogens with zero attached hydrogens (tertiary/aromatic N) is 1. The fourth-order valence-corrected chi connectivity index (χ4v) is 1.70. The topological polar surface area (TPSA) is 21.6 Å². The molecular formula is C15H23NO.